The smallest absolute Gasteiger partial charge is 0.275 e. The first-order chi connectivity index (χ1) is 13.3. The zero-order chi connectivity index (χ0) is 19.9. The third-order valence-electron chi connectivity index (χ3n) is 4.88. The van der Waals surface area contributed by atoms with Crippen molar-refractivity contribution in [1.29, 1.82) is 0 Å². The lowest BCUT2D eigenvalue weighted by Crippen LogP contribution is -2.37. The molecular weight excluding hydrogens is 378 g/mol. The van der Waals surface area contributed by atoms with Crippen LogP contribution in [-0.4, -0.2) is 46.8 Å². The summed E-state index contributed by atoms with van der Waals surface area (Å²) < 4.78 is 26.8. The van der Waals surface area contributed by atoms with Crippen LogP contribution in [0.4, 0.5) is 0 Å². The molecule has 3 heterocycles. The van der Waals surface area contributed by atoms with Gasteiger partial charge in [0, 0.05) is 50.4 Å². The topological polar surface area (TPSA) is 97.2 Å². The number of aryl methyl sites for hydroxylation is 1. The Morgan fingerprint density at radius 1 is 1.29 bits per heavy atom. The summed E-state index contributed by atoms with van der Waals surface area (Å²) >= 11 is 0. The minimum Gasteiger partial charge on any atom is -0.332 e. The number of sulfonamides is 1. The molecule has 1 aromatic carbocycles. The summed E-state index contributed by atoms with van der Waals surface area (Å²) in [5.41, 5.74) is 4.01. The van der Waals surface area contributed by atoms with E-state index in [1.807, 2.05) is 37.4 Å². The largest absolute Gasteiger partial charge is 0.332 e. The van der Waals surface area contributed by atoms with E-state index < -0.39 is 10.0 Å². The van der Waals surface area contributed by atoms with Crippen molar-refractivity contribution < 1.29 is 13.2 Å². The highest BCUT2D eigenvalue weighted by Crippen LogP contribution is 2.23. The van der Waals surface area contributed by atoms with Crippen molar-refractivity contribution in [3.63, 3.8) is 0 Å². The third kappa shape index (κ3) is 3.63. The van der Waals surface area contributed by atoms with Crippen LogP contribution in [0.15, 0.2) is 36.5 Å². The summed E-state index contributed by atoms with van der Waals surface area (Å²) in [6.45, 7) is 1.18. The number of hydrogen-bond acceptors (Lipinski definition) is 5. The molecule has 8 nitrogen and oxygen atoms in total. The van der Waals surface area contributed by atoms with Crippen LogP contribution >= 0.6 is 0 Å². The lowest BCUT2D eigenvalue weighted by Gasteiger charge is -2.28. The summed E-state index contributed by atoms with van der Waals surface area (Å²) in [4.78, 5) is 19.3. The molecule has 0 bridgehead atoms. The van der Waals surface area contributed by atoms with E-state index >= 15 is 0 Å². The van der Waals surface area contributed by atoms with E-state index in [9.17, 15) is 13.2 Å². The summed E-state index contributed by atoms with van der Waals surface area (Å²) in [5.74, 6) is -0.109. The molecule has 0 unspecified atom stereocenters. The molecule has 1 N–H and O–H groups in total. The molecule has 4 rings (SSSR count). The maximum atomic E-state index is 13.1. The maximum absolute atomic E-state index is 13.1. The summed E-state index contributed by atoms with van der Waals surface area (Å²) in [6.07, 6.45) is 3.46. The zero-order valence-electron chi connectivity index (χ0n) is 15.7. The quantitative estimate of drug-likeness (QED) is 0.711. The van der Waals surface area contributed by atoms with Gasteiger partial charge in [-0.3, -0.25) is 14.5 Å². The van der Waals surface area contributed by atoms with Crippen LogP contribution < -0.4 is 4.72 Å². The maximum Gasteiger partial charge on any atom is 0.275 e. The molecule has 2 aromatic heterocycles. The zero-order valence-corrected chi connectivity index (χ0v) is 16.5. The van der Waals surface area contributed by atoms with Crippen molar-refractivity contribution >= 4 is 26.8 Å². The fourth-order valence-electron chi connectivity index (χ4n) is 3.48. The number of fused-ring (bicyclic) bond motifs is 2. The van der Waals surface area contributed by atoms with Crippen LogP contribution in [0, 0.1) is 0 Å². The lowest BCUT2D eigenvalue weighted by atomic mass is 10.0. The minimum absolute atomic E-state index is 0.109. The molecule has 28 heavy (non-hydrogen) atoms. The van der Waals surface area contributed by atoms with Gasteiger partial charge >= 0.3 is 0 Å². The molecule has 1 aliphatic rings. The first kappa shape index (κ1) is 18.6. The SMILES string of the molecule is Cn1nc(C(=O)N2CCc3ncc(CNS(C)(=O)=O)cc3C2)c2ccccc21. The summed E-state index contributed by atoms with van der Waals surface area (Å²) in [5, 5.41) is 5.27. The summed E-state index contributed by atoms with van der Waals surface area (Å²) in [6, 6.07) is 9.58. The normalized spacial score (nSPS) is 14.3. The molecule has 146 valence electrons. The Kier molecular flexibility index (Phi) is 4.64. The Labute approximate surface area is 163 Å². The van der Waals surface area contributed by atoms with E-state index in [1.54, 1.807) is 15.8 Å². The second-order valence-corrected chi connectivity index (χ2v) is 8.84. The molecule has 0 aliphatic carbocycles. The number of aromatic nitrogens is 3. The van der Waals surface area contributed by atoms with E-state index in [0.717, 1.165) is 34.0 Å². The molecule has 0 fully saturated rings. The van der Waals surface area contributed by atoms with Gasteiger partial charge in [0.2, 0.25) is 10.0 Å². The number of rotatable bonds is 4. The summed E-state index contributed by atoms with van der Waals surface area (Å²) in [7, 11) is -1.45. The number of benzene rings is 1. The number of amides is 1. The Hall–Kier alpha value is -2.78. The average molecular weight is 399 g/mol. The predicted molar refractivity (Wildman–Crippen MR) is 105 cm³/mol. The lowest BCUT2D eigenvalue weighted by molar-refractivity contribution is 0.0728. The second-order valence-electron chi connectivity index (χ2n) is 7.01. The highest BCUT2D eigenvalue weighted by Gasteiger charge is 2.26. The van der Waals surface area contributed by atoms with Crippen molar-refractivity contribution in [2.45, 2.75) is 19.5 Å². The highest BCUT2D eigenvalue weighted by atomic mass is 32.2. The first-order valence-corrected chi connectivity index (χ1v) is 10.8. The van der Waals surface area contributed by atoms with E-state index in [4.69, 9.17) is 0 Å². The Bertz CT molecular complexity index is 1170. The molecule has 0 spiro atoms. The average Bonchev–Trinajstić information content (AvgIpc) is 3.01. The van der Waals surface area contributed by atoms with Gasteiger partial charge < -0.3 is 4.90 Å². The monoisotopic (exact) mass is 399 g/mol. The molecule has 9 heteroatoms. The Balaban J connectivity index is 1.58. The van der Waals surface area contributed by atoms with Crippen LogP contribution in [0.1, 0.15) is 27.3 Å². The standard InChI is InChI=1S/C19H21N5O3S/c1-23-17-6-4-3-5-15(17)18(22-23)19(25)24-8-7-16-14(12-24)9-13(10-20-16)11-21-28(2,26)27/h3-6,9-10,21H,7-8,11-12H2,1-2H3. The van der Waals surface area contributed by atoms with E-state index in [2.05, 4.69) is 14.8 Å². The number of carbonyl (C=O) groups is 1. The van der Waals surface area contributed by atoms with Crippen molar-refractivity contribution in [1.82, 2.24) is 24.4 Å². The number of carbonyl (C=O) groups excluding carboxylic acids is 1. The molecule has 0 atom stereocenters. The van der Waals surface area contributed by atoms with Crippen LogP contribution in [-0.2, 0) is 36.6 Å². The molecule has 1 aliphatic heterocycles. The molecule has 0 radical (unpaired) electrons. The van der Waals surface area contributed by atoms with Gasteiger partial charge in [0.25, 0.3) is 5.91 Å². The van der Waals surface area contributed by atoms with Gasteiger partial charge in [-0.2, -0.15) is 5.10 Å². The van der Waals surface area contributed by atoms with E-state index in [0.29, 0.717) is 25.2 Å². The predicted octanol–water partition coefficient (Wildman–Crippen LogP) is 1.22. The third-order valence-corrected chi connectivity index (χ3v) is 5.55. The molecule has 0 saturated carbocycles. The second kappa shape index (κ2) is 6.99. The van der Waals surface area contributed by atoms with Crippen molar-refractivity contribution in [2.75, 3.05) is 12.8 Å². The first-order valence-electron chi connectivity index (χ1n) is 8.94. The number of nitrogens with one attached hydrogen (secondary N) is 1. The van der Waals surface area contributed by atoms with Gasteiger partial charge in [0.05, 0.1) is 11.8 Å². The number of pyridine rings is 1. The van der Waals surface area contributed by atoms with E-state index in [-0.39, 0.29) is 12.5 Å². The van der Waals surface area contributed by atoms with Gasteiger partial charge in [0.1, 0.15) is 0 Å². The number of para-hydroxylation sites is 1. The van der Waals surface area contributed by atoms with Gasteiger partial charge in [-0.05, 0) is 23.3 Å². The van der Waals surface area contributed by atoms with Crippen LogP contribution in [0.2, 0.25) is 0 Å². The van der Waals surface area contributed by atoms with Gasteiger partial charge in [-0.15, -0.1) is 0 Å². The van der Waals surface area contributed by atoms with Crippen LogP contribution in [0.25, 0.3) is 10.9 Å². The van der Waals surface area contributed by atoms with Crippen molar-refractivity contribution in [2.24, 2.45) is 7.05 Å². The van der Waals surface area contributed by atoms with Gasteiger partial charge in [-0.25, -0.2) is 13.1 Å². The molecule has 3 aromatic rings. The molecule has 1 amide bonds. The molecule has 0 saturated heterocycles. The van der Waals surface area contributed by atoms with Gasteiger partial charge in [0.15, 0.2) is 5.69 Å². The Morgan fingerprint density at radius 2 is 2.07 bits per heavy atom. The highest BCUT2D eigenvalue weighted by molar-refractivity contribution is 7.88. The Morgan fingerprint density at radius 3 is 2.86 bits per heavy atom. The van der Waals surface area contributed by atoms with Crippen LogP contribution in [0.5, 0.6) is 0 Å². The van der Waals surface area contributed by atoms with Crippen molar-refractivity contribution in [3.8, 4) is 0 Å². The fraction of sp³-hybridized carbons (Fsp3) is 0.316. The van der Waals surface area contributed by atoms with Crippen molar-refractivity contribution in [3.05, 3.63) is 59.0 Å². The number of nitrogens with zero attached hydrogens (tertiary/aromatic N) is 4. The number of hydrogen-bond donors (Lipinski definition) is 1. The van der Waals surface area contributed by atoms with E-state index in [1.165, 1.54) is 0 Å². The fourth-order valence-corrected chi connectivity index (χ4v) is 3.91. The van der Waals surface area contributed by atoms with Crippen LogP contribution in [0.3, 0.4) is 0 Å². The van der Waals surface area contributed by atoms with Gasteiger partial charge in [-0.1, -0.05) is 18.2 Å². The minimum atomic E-state index is -3.28. The molecular formula is C19H21N5O3S.